The van der Waals surface area contributed by atoms with E-state index in [0.717, 1.165) is 0 Å². The molecule has 3 aromatic rings. The molecule has 0 N–H and O–H groups in total. The number of halogens is 1. The van der Waals surface area contributed by atoms with E-state index in [1.807, 2.05) is 0 Å². The van der Waals surface area contributed by atoms with Crippen LogP contribution in [0.5, 0.6) is 5.75 Å². The third-order valence-corrected chi connectivity index (χ3v) is 4.75. The molecule has 8 heteroatoms. The number of hydrogen-bond donors (Lipinski definition) is 0. The summed E-state index contributed by atoms with van der Waals surface area (Å²) in [4.78, 5) is 26.8. The fourth-order valence-corrected chi connectivity index (χ4v) is 3.12. The lowest BCUT2D eigenvalue weighted by molar-refractivity contribution is -0.133. The first-order valence-electron chi connectivity index (χ1n) is 10.1. The molecule has 1 heterocycles. The number of nitrogens with zero attached hydrogens (tertiary/aromatic N) is 3. The molecule has 0 aliphatic rings. The van der Waals surface area contributed by atoms with Gasteiger partial charge in [0.15, 0.2) is 6.61 Å². The fraction of sp³-hybridized carbons (Fsp3) is 0.160. The molecule has 3 rings (SSSR count). The first kappa shape index (κ1) is 23.5. The highest BCUT2D eigenvalue weighted by atomic mass is 19.1. The second kappa shape index (κ2) is 10.9. The zero-order valence-corrected chi connectivity index (χ0v) is 18.2. The number of aromatic nitrogens is 2. The van der Waals surface area contributed by atoms with Gasteiger partial charge in [0.05, 0.1) is 12.8 Å². The number of methoxy groups -OCH3 is 1. The Bertz CT molecular complexity index is 1140. The van der Waals surface area contributed by atoms with Gasteiger partial charge >= 0.3 is 5.97 Å². The van der Waals surface area contributed by atoms with E-state index in [-0.39, 0.29) is 17.3 Å². The van der Waals surface area contributed by atoms with Gasteiger partial charge in [-0.05, 0) is 36.4 Å². The highest BCUT2D eigenvalue weighted by Gasteiger charge is 2.22. The molecule has 0 saturated carbocycles. The van der Waals surface area contributed by atoms with Crippen LogP contribution < -0.4 is 4.74 Å². The third-order valence-electron chi connectivity index (χ3n) is 4.75. The smallest absolute Gasteiger partial charge is 0.342 e. The van der Waals surface area contributed by atoms with Crippen molar-refractivity contribution in [3.05, 3.63) is 91.4 Å². The molecule has 0 radical (unpaired) electrons. The summed E-state index contributed by atoms with van der Waals surface area (Å²) in [7, 11) is 1.54. The monoisotopic (exact) mass is 449 g/mol. The van der Waals surface area contributed by atoms with E-state index in [0.29, 0.717) is 35.8 Å². The first-order chi connectivity index (χ1) is 16.0. The van der Waals surface area contributed by atoms with Crippen LogP contribution in [0.1, 0.15) is 10.4 Å². The number of ether oxygens (including phenoxy) is 2. The van der Waals surface area contributed by atoms with E-state index in [1.165, 1.54) is 35.0 Å². The van der Waals surface area contributed by atoms with Crippen LogP contribution in [0.2, 0.25) is 0 Å². The van der Waals surface area contributed by atoms with E-state index >= 15 is 0 Å². The Morgan fingerprint density at radius 1 is 1.12 bits per heavy atom. The van der Waals surface area contributed by atoms with Gasteiger partial charge in [0.25, 0.3) is 5.91 Å². The molecule has 0 spiro atoms. The Balaban J connectivity index is 1.92. The van der Waals surface area contributed by atoms with Crippen molar-refractivity contribution in [3.63, 3.8) is 0 Å². The molecule has 0 atom stereocenters. The third kappa shape index (κ3) is 5.74. The van der Waals surface area contributed by atoms with Gasteiger partial charge < -0.3 is 14.4 Å². The lowest BCUT2D eigenvalue weighted by atomic mass is 10.1. The standard InChI is InChI=1S/C25H24FN3O4/c1-4-13-28(14-5-2)23(30)17-33-25(31)22-16-29(20-11-9-19(26)10-12-20)27-24(22)18-7-6-8-21(15-18)32-3/h4-12,15-16H,1-2,13-14,17H2,3H3. The Morgan fingerprint density at radius 3 is 2.45 bits per heavy atom. The zero-order valence-electron chi connectivity index (χ0n) is 18.2. The molecular weight excluding hydrogens is 425 g/mol. The molecule has 1 aromatic heterocycles. The number of esters is 1. The molecule has 7 nitrogen and oxygen atoms in total. The van der Waals surface area contributed by atoms with Crippen molar-refractivity contribution in [2.75, 3.05) is 26.8 Å². The van der Waals surface area contributed by atoms with Gasteiger partial charge in [0, 0.05) is 24.8 Å². The molecule has 33 heavy (non-hydrogen) atoms. The fourth-order valence-electron chi connectivity index (χ4n) is 3.12. The van der Waals surface area contributed by atoms with E-state index in [9.17, 15) is 14.0 Å². The highest BCUT2D eigenvalue weighted by molar-refractivity contribution is 5.97. The molecule has 0 aliphatic carbocycles. The van der Waals surface area contributed by atoms with Gasteiger partial charge in [-0.1, -0.05) is 24.3 Å². The number of hydrogen-bond acceptors (Lipinski definition) is 5. The second-order valence-electron chi connectivity index (χ2n) is 7.00. The first-order valence-corrected chi connectivity index (χ1v) is 10.1. The molecule has 0 aliphatic heterocycles. The molecule has 0 saturated heterocycles. The maximum absolute atomic E-state index is 13.3. The summed E-state index contributed by atoms with van der Waals surface area (Å²) in [5, 5.41) is 4.51. The molecule has 0 fully saturated rings. The van der Waals surface area contributed by atoms with Gasteiger partial charge in [-0.2, -0.15) is 5.10 Å². The van der Waals surface area contributed by atoms with Gasteiger partial charge in [-0.15, -0.1) is 13.2 Å². The van der Waals surface area contributed by atoms with Crippen LogP contribution in [0.15, 0.2) is 80.0 Å². The van der Waals surface area contributed by atoms with Crippen molar-refractivity contribution in [1.29, 1.82) is 0 Å². The predicted octanol–water partition coefficient (Wildman–Crippen LogP) is 4.04. The normalized spacial score (nSPS) is 10.4. The van der Waals surface area contributed by atoms with Crippen molar-refractivity contribution in [2.24, 2.45) is 0 Å². The molecule has 170 valence electrons. The summed E-state index contributed by atoms with van der Waals surface area (Å²) in [6.45, 7) is 7.41. The van der Waals surface area contributed by atoms with Crippen molar-refractivity contribution < 1.29 is 23.5 Å². The van der Waals surface area contributed by atoms with Crippen LogP contribution in [0.4, 0.5) is 4.39 Å². The van der Waals surface area contributed by atoms with Gasteiger partial charge in [-0.25, -0.2) is 13.9 Å². The number of carbonyl (C=O) groups excluding carboxylic acids is 2. The van der Waals surface area contributed by atoms with Gasteiger partial charge in [0.2, 0.25) is 0 Å². The molecule has 0 unspecified atom stereocenters. The largest absolute Gasteiger partial charge is 0.497 e. The van der Waals surface area contributed by atoms with E-state index in [2.05, 4.69) is 18.3 Å². The summed E-state index contributed by atoms with van der Waals surface area (Å²) >= 11 is 0. The van der Waals surface area contributed by atoms with Crippen LogP contribution in [0, 0.1) is 5.82 Å². The quantitative estimate of drug-likeness (QED) is 0.345. The van der Waals surface area contributed by atoms with Crippen LogP contribution in [0.25, 0.3) is 16.9 Å². The number of amides is 1. The van der Waals surface area contributed by atoms with E-state index in [1.54, 1.807) is 48.6 Å². The summed E-state index contributed by atoms with van der Waals surface area (Å²) in [5.41, 5.74) is 1.66. The SMILES string of the molecule is C=CCN(CC=C)C(=O)COC(=O)c1cn(-c2ccc(F)cc2)nc1-c1cccc(OC)c1. The van der Waals surface area contributed by atoms with Gasteiger partial charge in [0.1, 0.15) is 22.8 Å². The van der Waals surface area contributed by atoms with Crippen LogP contribution in [-0.4, -0.2) is 53.4 Å². The van der Waals surface area contributed by atoms with E-state index in [4.69, 9.17) is 9.47 Å². The number of benzene rings is 2. The number of carbonyl (C=O) groups is 2. The van der Waals surface area contributed by atoms with Crippen molar-refractivity contribution in [1.82, 2.24) is 14.7 Å². The van der Waals surface area contributed by atoms with Crippen LogP contribution in [0.3, 0.4) is 0 Å². The topological polar surface area (TPSA) is 73.7 Å². The van der Waals surface area contributed by atoms with Crippen molar-refractivity contribution in [2.45, 2.75) is 0 Å². The van der Waals surface area contributed by atoms with E-state index < -0.39 is 12.6 Å². The number of rotatable bonds is 10. The lowest BCUT2D eigenvalue weighted by Crippen LogP contribution is -2.35. The van der Waals surface area contributed by atoms with Gasteiger partial charge in [-0.3, -0.25) is 4.79 Å². The molecule has 2 aromatic carbocycles. The highest BCUT2D eigenvalue weighted by Crippen LogP contribution is 2.27. The summed E-state index contributed by atoms with van der Waals surface area (Å²) in [6.07, 6.45) is 4.65. The Hall–Kier alpha value is -4.20. The zero-order chi connectivity index (χ0) is 23.8. The summed E-state index contributed by atoms with van der Waals surface area (Å²) in [6, 6.07) is 12.7. The lowest BCUT2D eigenvalue weighted by Gasteiger charge is -2.18. The summed E-state index contributed by atoms with van der Waals surface area (Å²) in [5.74, 6) is -0.896. The Morgan fingerprint density at radius 2 is 1.82 bits per heavy atom. The minimum atomic E-state index is -0.716. The molecular formula is C25H24FN3O4. The van der Waals surface area contributed by atoms with Crippen molar-refractivity contribution >= 4 is 11.9 Å². The summed E-state index contributed by atoms with van der Waals surface area (Å²) < 4.78 is 25.4. The second-order valence-corrected chi connectivity index (χ2v) is 7.00. The Labute approximate surface area is 191 Å². The predicted molar refractivity (Wildman–Crippen MR) is 123 cm³/mol. The molecule has 0 bridgehead atoms. The Kier molecular flexibility index (Phi) is 7.75. The van der Waals surface area contributed by atoms with Crippen LogP contribution in [-0.2, 0) is 9.53 Å². The molecule has 1 amide bonds. The van der Waals surface area contributed by atoms with Crippen LogP contribution >= 0.6 is 0 Å². The minimum Gasteiger partial charge on any atom is -0.497 e. The average Bonchev–Trinajstić information content (AvgIpc) is 3.28. The maximum Gasteiger partial charge on any atom is 0.342 e. The minimum absolute atomic E-state index is 0.152. The maximum atomic E-state index is 13.3. The average molecular weight is 449 g/mol. The van der Waals surface area contributed by atoms with Crippen molar-refractivity contribution in [3.8, 4) is 22.7 Å².